The summed E-state index contributed by atoms with van der Waals surface area (Å²) in [5.41, 5.74) is 5.20. The van der Waals surface area contributed by atoms with Gasteiger partial charge in [0.15, 0.2) is 11.5 Å². The van der Waals surface area contributed by atoms with Gasteiger partial charge in [0, 0.05) is 30.8 Å². The Balaban J connectivity index is 1.29. The average Bonchev–Trinajstić information content (AvgIpc) is 3.66. The molecule has 1 aliphatic heterocycles. The fourth-order valence-corrected chi connectivity index (χ4v) is 5.03. The van der Waals surface area contributed by atoms with Crippen molar-refractivity contribution >= 4 is 34.4 Å². The Morgan fingerprint density at radius 1 is 1.05 bits per heavy atom. The zero-order chi connectivity index (χ0) is 28.0. The third-order valence-corrected chi connectivity index (χ3v) is 7.29. The number of ether oxygens (including phenoxy) is 1. The highest BCUT2D eigenvalue weighted by Gasteiger charge is 2.36. The molecule has 1 fully saturated rings. The first-order valence-corrected chi connectivity index (χ1v) is 12.9. The number of hydrogen-bond acceptors (Lipinski definition) is 7. The Morgan fingerprint density at radius 3 is 2.70 bits per heavy atom. The molecule has 0 aliphatic carbocycles. The molecule has 2 amide bonds. The van der Waals surface area contributed by atoms with Crippen molar-refractivity contribution in [2.45, 2.75) is 27.2 Å². The number of methoxy groups -OCH3 is 1. The summed E-state index contributed by atoms with van der Waals surface area (Å²) in [7, 11) is 1.58. The van der Waals surface area contributed by atoms with Crippen molar-refractivity contribution in [1.29, 1.82) is 0 Å². The van der Waals surface area contributed by atoms with Crippen LogP contribution in [0.15, 0.2) is 61.1 Å². The lowest BCUT2D eigenvalue weighted by molar-refractivity contribution is -0.122. The molecule has 202 valence electrons. The second-order valence-electron chi connectivity index (χ2n) is 9.89. The van der Waals surface area contributed by atoms with Crippen molar-refractivity contribution < 1.29 is 14.3 Å². The van der Waals surface area contributed by atoms with E-state index < -0.39 is 5.92 Å². The van der Waals surface area contributed by atoms with E-state index in [0.717, 1.165) is 16.8 Å². The molecule has 40 heavy (non-hydrogen) atoms. The maximum Gasteiger partial charge on any atom is 0.230 e. The fourth-order valence-electron chi connectivity index (χ4n) is 5.03. The molecule has 1 unspecified atom stereocenters. The molecule has 0 bridgehead atoms. The maximum absolute atomic E-state index is 13.4. The maximum atomic E-state index is 13.4. The summed E-state index contributed by atoms with van der Waals surface area (Å²) >= 11 is 0. The summed E-state index contributed by atoms with van der Waals surface area (Å²) in [6.07, 6.45) is 3.28. The molecule has 11 heteroatoms. The van der Waals surface area contributed by atoms with Crippen LogP contribution in [-0.2, 0) is 9.59 Å². The van der Waals surface area contributed by atoms with E-state index >= 15 is 0 Å². The van der Waals surface area contributed by atoms with E-state index in [-0.39, 0.29) is 24.8 Å². The third-order valence-electron chi connectivity index (χ3n) is 7.29. The topological polar surface area (TPSA) is 120 Å². The molecule has 2 aromatic carbocycles. The van der Waals surface area contributed by atoms with Gasteiger partial charge in [0.1, 0.15) is 17.9 Å². The van der Waals surface area contributed by atoms with Gasteiger partial charge in [0.05, 0.1) is 36.0 Å². The number of aromatic nitrogens is 6. The van der Waals surface area contributed by atoms with Crippen LogP contribution in [0.3, 0.4) is 0 Å². The van der Waals surface area contributed by atoms with E-state index in [2.05, 4.69) is 38.5 Å². The molecule has 1 aliphatic rings. The minimum absolute atomic E-state index is 0.108. The van der Waals surface area contributed by atoms with E-state index in [1.807, 2.05) is 44.2 Å². The Morgan fingerprint density at radius 2 is 1.88 bits per heavy atom. The molecule has 3 aromatic heterocycles. The van der Waals surface area contributed by atoms with Crippen molar-refractivity contribution in [3.8, 4) is 17.3 Å². The number of amides is 2. The predicted molar refractivity (Wildman–Crippen MR) is 150 cm³/mol. The van der Waals surface area contributed by atoms with E-state index in [1.54, 1.807) is 39.7 Å². The second-order valence-corrected chi connectivity index (χ2v) is 9.89. The lowest BCUT2D eigenvalue weighted by Crippen LogP contribution is -2.28. The van der Waals surface area contributed by atoms with Crippen LogP contribution in [0.4, 0.5) is 11.5 Å². The van der Waals surface area contributed by atoms with Crippen molar-refractivity contribution in [1.82, 2.24) is 29.5 Å². The molecule has 0 saturated carbocycles. The van der Waals surface area contributed by atoms with E-state index in [0.29, 0.717) is 39.8 Å². The highest BCUT2D eigenvalue weighted by Crippen LogP contribution is 2.30. The summed E-state index contributed by atoms with van der Waals surface area (Å²) in [5, 5.41) is 12.9. The number of nitrogens with one attached hydrogen (secondary N) is 1. The largest absolute Gasteiger partial charge is 0.497 e. The molecule has 0 radical (unpaired) electrons. The molecule has 0 spiro atoms. The van der Waals surface area contributed by atoms with E-state index in [9.17, 15) is 9.59 Å². The van der Waals surface area contributed by atoms with Gasteiger partial charge < -0.3 is 15.0 Å². The van der Waals surface area contributed by atoms with Gasteiger partial charge in [0.25, 0.3) is 0 Å². The lowest BCUT2D eigenvalue weighted by Gasteiger charge is -2.17. The molecule has 1 N–H and O–H groups in total. The molecular formula is C29H28N8O3. The molecule has 5 aromatic rings. The molecular weight excluding hydrogens is 508 g/mol. The number of nitrogens with zero attached hydrogens (tertiary/aromatic N) is 7. The Bertz CT molecular complexity index is 1770. The van der Waals surface area contributed by atoms with Crippen molar-refractivity contribution in [2.75, 3.05) is 23.9 Å². The summed E-state index contributed by atoms with van der Waals surface area (Å²) in [6.45, 7) is 6.22. The van der Waals surface area contributed by atoms with Crippen molar-refractivity contribution in [3.05, 3.63) is 77.9 Å². The van der Waals surface area contributed by atoms with Gasteiger partial charge in [-0.3, -0.25) is 9.59 Å². The first kappa shape index (κ1) is 25.2. The fraction of sp³-hybridized carbons (Fsp3) is 0.241. The van der Waals surface area contributed by atoms with Gasteiger partial charge in [-0.1, -0.05) is 18.2 Å². The summed E-state index contributed by atoms with van der Waals surface area (Å²) in [4.78, 5) is 36.8. The van der Waals surface area contributed by atoms with Crippen LogP contribution >= 0.6 is 0 Å². The average molecular weight is 537 g/mol. The SMILES string of the molecule is COc1cccc(N2CC(C(=O)Nc3cc(C)nn3-c3ncnc4c3cnn4-c3cccc(C)c3C)CC2=O)c1. The molecule has 6 rings (SSSR count). The van der Waals surface area contributed by atoms with Crippen LogP contribution in [0.25, 0.3) is 22.5 Å². The van der Waals surface area contributed by atoms with Crippen LogP contribution < -0.4 is 15.0 Å². The van der Waals surface area contributed by atoms with E-state index in [1.165, 1.54) is 6.33 Å². The lowest BCUT2D eigenvalue weighted by atomic mass is 10.1. The number of fused-ring (bicyclic) bond motifs is 1. The van der Waals surface area contributed by atoms with Crippen LogP contribution in [0.1, 0.15) is 23.2 Å². The third kappa shape index (κ3) is 4.35. The molecule has 11 nitrogen and oxygen atoms in total. The Hall–Kier alpha value is -5.06. The highest BCUT2D eigenvalue weighted by molar-refractivity contribution is 6.03. The minimum atomic E-state index is -0.528. The quantitative estimate of drug-likeness (QED) is 0.349. The molecule has 1 atom stereocenters. The minimum Gasteiger partial charge on any atom is -0.497 e. The van der Waals surface area contributed by atoms with Gasteiger partial charge in [-0.2, -0.15) is 14.9 Å². The normalized spacial score (nSPS) is 15.2. The van der Waals surface area contributed by atoms with Gasteiger partial charge in [0.2, 0.25) is 11.8 Å². The highest BCUT2D eigenvalue weighted by atomic mass is 16.5. The van der Waals surface area contributed by atoms with Gasteiger partial charge in [-0.15, -0.1) is 0 Å². The first-order valence-electron chi connectivity index (χ1n) is 12.9. The Labute approximate surface area is 230 Å². The number of rotatable bonds is 6. The molecule has 4 heterocycles. The summed E-state index contributed by atoms with van der Waals surface area (Å²) < 4.78 is 8.66. The van der Waals surface area contributed by atoms with E-state index in [4.69, 9.17) is 4.74 Å². The first-order chi connectivity index (χ1) is 19.3. The van der Waals surface area contributed by atoms with Crippen LogP contribution in [-0.4, -0.2) is 55.0 Å². The van der Waals surface area contributed by atoms with Gasteiger partial charge >= 0.3 is 0 Å². The number of carbonyl (C=O) groups is 2. The smallest absolute Gasteiger partial charge is 0.230 e. The number of carbonyl (C=O) groups excluding carboxylic acids is 2. The summed E-state index contributed by atoms with van der Waals surface area (Å²) in [5.74, 6) is 0.680. The molecule has 1 saturated heterocycles. The zero-order valence-electron chi connectivity index (χ0n) is 22.6. The standard InChI is InChI=1S/C29H28N8O3/c1-17-7-5-10-24(19(17)3)36-27-23(14-32-36)28(31-16-30-27)37-25(11-18(2)34-37)33-29(39)20-12-26(38)35(15-20)21-8-6-9-22(13-21)40-4/h5-11,13-14,16,20H,12,15H2,1-4H3,(H,33,39). The second kappa shape index (κ2) is 9.92. The zero-order valence-corrected chi connectivity index (χ0v) is 22.6. The van der Waals surface area contributed by atoms with Crippen LogP contribution in [0.2, 0.25) is 0 Å². The van der Waals surface area contributed by atoms with Gasteiger partial charge in [-0.05, 0) is 50.1 Å². The summed E-state index contributed by atoms with van der Waals surface area (Å²) in [6, 6.07) is 15.1. The number of hydrogen-bond donors (Lipinski definition) is 1. The van der Waals surface area contributed by atoms with Crippen molar-refractivity contribution in [2.24, 2.45) is 5.92 Å². The predicted octanol–water partition coefficient (Wildman–Crippen LogP) is 3.93. The number of anilines is 2. The van der Waals surface area contributed by atoms with Crippen LogP contribution in [0, 0.1) is 26.7 Å². The monoisotopic (exact) mass is 536 g/mol. The number of benzene rings is 2. The number of aryl methyl sites for hydroxylation is 2. The van der Waals surface area contributed by atoms with Gasteiger partial charge in [-0.25, -0.2) is 14.6 Å². The van der Waals surface area contributed by atoms with Crippen molar-refractivity contribution in [3.63, 3.8) is 0 Å². The Kier molecular flexibility index (Phi) is 6.25. The van der Waals surface area contributed by atoms with Crippen LogP contribution in [0.5, 0.6) is 5.75 Å².